The van der Waals surface area contributed by atoms with Gasteiger partial charge in [-0.2, -0.15) is 0 Å². The van der Waals surface area contributed by atoms with Crippen LogP contribution in [0.2, 0.25) is 0 Å². The van der Waals surface area contributed by atoms with Gasteiger partial charge in [0.1, 0.15) is 6.10 Å². The summed E-state index contributed by atoms with van der Waals surface area (Å²) in [6, 6.07) is 14.7. The number of nitrogen functional groups attached to an aromatic ring is 1. The van der Waals surface area contributed by atoms with Crippen molar-refractivity contribution in [1.82, 2.24) is 10.2 Å². The van der Waals surface area contributed by atoms with E-state index in [1.807, 2.05) is 31.3 Å². The lowest BCUT2D eigenvalue weighted by Crippen LogP contribution is -2.39. The van der Waals surface area contributed by atoms with Crippen LogP contribution in [0.5, 0.6) is 0 Å². The smallest absolute Gasteiger partial charge is 0.407 e. The highest BCUT2D eigenvalue weighted by Crippen LogP contribution is 2.23. The highest BCUT2D eigenvalue weighted by molar-refractivity contribution is 6.05. The number of carbonyl (C=O) groups excluding carboxylic acids is 2. The first-order valence-corrected chi connectivity index (χ1v) is 10.6. The highest BCUT2D eigenvalue weighted by Gasteiger charge is 2.27. The molecule has 4 N–H and O–H groups in total. The van der Waals surface area contributed by atoms with Crippen LogP contribution in [0.3, 0.4) is 0 Å². The maximum Gasteiger partial charge on any atom is 0.407 e. The summed E-state index contributed by atoms with van der Waals surface area (Å²) >= 11 is 0. The molecule has 2 amide bonds. The molecule has 2 aliphatic rings. The Morgan fingerprint density at radius 2 is 1.81 bits per heavy atom. The number of alkyl carbamates (subject to hydrolysis) is 1. The molecule has 0 aromatic heterocycles. The molecule has 8 nitrogen and oxygen atoms in total. The summed E-state index contributed by atoms with van der Waals surface area (Å²) < 4.78 is 5.52. The van der Waals surface area contributed by atoms with Gasteiger partial charge in [-0.3, -0.25) is 4.79 Å². The molecule has 31 heavy (non-hydrogen) atoms. The van der Waals surface area contributed by atoms with E-state index in [2.05, 4.69) is 20.4 Å². The fourth-order valence-corrected chi connectivity index (χ4v) is 4.08. The van der Waals surface area contributed by atoms with E-state index in [0.717, 1.165) is 38.2 Å². The molecule has 8 heteroatoms. The van der Waals surface area contributed by atoms with E-state index < -0.39 is 0 Å². The zero-order chi connectivity index (χ0) is 21.8. The molecular weight excluding hydrogens is 394 g/mol. The van der Waals surface area contributed by atoms with Crippen LogP contribution in [0.25, 0.3) is 0 Å². The summed E-state index contributed by atoms with van der Waals surface area (Å²) in [4.78, 5) is 29.0. The number of para-hydroxylation sites is 2. The molecule has 0 aliphatic carbocycles. The number of nitrogens with two attached hydrogens (primary N) is 1. The molecule has 0 bridgehead atoms. The highest BCUT2D eigenvalue weighted by atomic mass is 16.6. The van der Waals surface area contributed by atoms with Gasteiger partial charge in [-0.15, -0.1) is 0 Å². The van der Waals surface area contributed by atoms with Gasteiger partial charge in [-0.25, -0.2) is 4.79 Å². The number of rotatable bonds is 5. The Hall–Kier alpha value is -3.26. The van der Waals surface area contributed by atoms with Crippen molar-refractivity contribution in [2.75, 3.05) is 49.2 Å². The van der Waals surface area contributed by atoms with Crippen LogP contribution < -0.4 is 21.3 Å². The van der Waals surface area contributed by atoms with E-state index in [1.54, 1.807) is 24.3 Å². The van der Waals surface area contributed by atoms with Crippen LogP contribution in [0.4, 0.5) is 21.9 Å². The second-order valence-electron chi connectivity index (χ2n) is 8.24. The molecule has 2 saturated heterocycles. The number of hydrogen-bond acceptors (Lipinski definition) is 6. The van der Waals surface area contributed by atoms with Gasteiger partial charge in [-0.1, -0.05) is 12.1 Å². The maximum atomic E-state index is 12.5. The minimum atomic E-state index is -0.334. The van der Waals surface area contributed by atoms with Crippen LogP contribution in [0, 0.1) is 0 Å². The van der Waals surface area contributed by atoms with Gasteiger partial charge < -0.3 is 30.9 Å². The molecule has 2 aliphatic heterocycles. The van der Waals surface area contributed by atoms with Crippen molar-refractivity contribution < 1.29 is 14.3 Å². The van der Waals surface area contributed by atoms with E-state index in [-0.39, 0.29) is 24.1 Å². The Morgan fingerprint density at radius 1 is 1.03 bits per heavy atom. The second-order valence-corrected chi connectivity index (χ2v) is 8.24. The largest absolute Gasteiger partial charge is 0.445 e. The second kappa shape index (κ2) is 9.26. The van der Waals surface area contributed by atoms with E-state index in [0.29, 0.717) is 23.5 Å². The summed E-state index contributed by atoms with van der Waals surface area (Å²) in [5.74, 6) is -0.203. The van der Waals surface area contributed by atoms with Crippen LogP contribution in [-0.4, -0.2) is 62.3 Å². The van der Waals surface area contributed by atoms with Gasteiger partial charge in [0, 0.05) is 37.4 Å². The third-order valence-corrected chi connectivity index (χ3v) is 5.84. The lowest BCUT2D eigenvalue weighted by atomic mass is 10.1. The number of carbonyl (C=O) groups is 2. The molecule has 0 spiro atoms. The lowest BCUT2D eigenvalue weighted by Gasteiger charge is -2.20. The van der Waals surface area contributed by atoms with Gasteiger partial charge in [-0.05, 0) is 56.3 Å². The molecule has 2 aromatic rings. The summed E-state index contributed by atoms with van der Waals surface area (Å²) in [7, 11) is 2.03. The standard InChI is InChI=1S/C23H29N5O3/c1-27-12-11-19(15-27)31-23(30)25-17-10-13-28(14-17)18-8-6-16(7-9-18)22(29)26-21-5-3-2-4-20(21)24/h2-9,17,19H,10-15,24H2,1H3,(H,25,30)(H,26,29)/t17-,19?/m0/s1. The number of ether oxygens (including phenoxy) is 1. The number of benzene rings is 2. The van der Waals surface area contributed by atoms with Crippen molar-refractivity contribution in [2.45, 2.75) is 25.0 Å². The number of amides is 2. The lowest BCUT2D eigenvalue weighted by molar-refractivity contribution is 0.0995. The molecule has 0 radical (unpaired) electrons. The first kappa shape index (κ1) is 21.0. The van der Waals surface area contributed by atoms with Crippen molar-refractivity contribution in [2.24, 2.45) is 0 Å². The molecule has 1 unspecified atom stereocenters. The summed E-state index contributed by atoms with van der Waals surface area (Å²) in [5, 5.41) is 5.82. The Morgan fingerprint density at radius 3 is 2.52 bits per heavy atom. The van der Waals surface area contributed by atoms with Crippen molar-refractivity contribution in [3.63, 3.8) is 0 Å². The van der Waals surface area contributed by atoms with Gasteiger partial charge in [0.15, 0.2) is 0 Å². The Labute approximate surface area is 182 Å². The van der Waals surface area contributed by atoms with Gasteiger partial charge >= 0.3 is 6.09 Å². The van der Waals surface area contributed by atoms with Gasteiger partial charge in [0.25, 0.3) is 5.91 Å². The SMILES string of the molecule is CN1CCC(OC(=O)N[C@H]2CCN(c3ccc(C(=O)Nc4ccccc4N)cc3)C2)C1. The van der Waals surface area contributed by atoms with E-state index >= 15 is 0 Å². The van der Waals surface area contributed by atoms with Crippen LogP contribution in [0.15, 0.2) is 48.5 Å². The molecule has 2 aromatic carbocycles. The third-order valence-electron chi connectivity index (χ3n) is 5.84. The number of nitrogens with zero attached hydrogens (tertiary/aromatic N) is 2. The van der Waals surface area contributed by atoms with Crippen LogP contribution in [-0.2, 0) is 4.74 Å². The van der Waals surface area contributed by atoms with Crippen molar-refractivity contribution in [3.8, 4) is 0 Å². The van der Waals surface area contributed by atoms with E-state index in [9.17, 15) is 9.59 Å². The summed E-state index contributed by atoms with van der Waals surface area (Å²) in [5.41, 5.74) is 8.60. The van der Waals surface area contributed by atoms with E-state index in [1.165, 1.54) is 0 Å². The molecule has 2 fully saturated rings. The average molecular weight is 424 g/mol. The molecule has 2 atom stereocenters. The topological polar surface area (TPSA) is 99.9 Å². The predicted molar refractivity (Wildman–Crippen MR) is 121 cm³/mol. The third kappa shape index (κ3) is 5.27. The summed E-state index contributed by atoms with van der Waals surface area (Å²) in [6.45, 7) is 3.30. The number of nitrogens with one attached hydrogen (secondary N) is 2. The quantitative estimate of drug-likeness (QED) is 0.639. The Kier molecular flexibility index (Phi) is 6.27. The normalized spacial score (nSPS) is 21.1. The molecule has 0 saturated carbocycles. The average Bonchev–Trinajstić information content (AvgIpc) is 3.38. The Bertz CT molecular complexity index is 933. The fourth-order valence-electron chi connectivity index (χ4n) is 4.08. The zero-order valence-corrected chi connectivity index (χ0v) is 17.7. The van der Waals surface area contributed by atoms with Gasteiger partial charge in [0.05, 0.1) is 17.4 Å². The maximum absolute atomic E-state index is 12.5. The number of hydrogen-bond donors (Lipinski definition) is 3. The van der Waals surface area contributed by atoms with Crippen molar-refractivity contribution in [1.29, 1.82) is 0 Å². The van der Waals surface area contributed by atoms with Crippen molar-refractivity contribution in [3.05, 3.63) is 54.1 Å². The number of likely N-dealkylation sites (tertiary alicyclic amines) is 1. The van der Waals surface area contributed by atoms with Gasteiger partial charge in [0.2, 0.25) is 0 Å². The minimum Gasteiger partial charge on any atom is -0.445 e. The first-order chi connectivity index (χ1) is 15.0. The molecule has 4 rings (SSSR count). The molecule has 164 valence electrons. The molecular formula is C23H29N5O3. The minimum absolute atomic E-state index is 0.0209. The van der Waals surface area contributed by atoms with Crippen molar-refractivity contribution >= 4 is 29.1 Å². The fraction of sp³-hybridized carbons (Fsp3) is 0.391. The summed E-state index contributed by atoms with van der Waals surface area (Å²) in [6.07, 6.45) is 1.39. The Balaban J connectivity index is 1.28. The zero-order valence-electron chi connectivity index (χ0n) is 17.7. The monoisotopic (exact) mass is 423 g/mol. The van der Waals surface area contributed by atoms with Crippen LogP contribution in [0.1, 0.15) is 23.2 Å². The first-order valence-electron chi connectivity index (χ1n) is 10.6. The van der Waals surface area contributed by atoms with E-state index in [4.69, 9.17) is 10.5 Å². The number of anilines is 3. The molecule has 2 heterocycles. The van der Waals surface area contributed by atoms with Crippen LogP contribution >= 0.6 is 0 Å². The predicted octanol–water partition coefficient (Wildman–Crippen LogP) is 2.53. The number of likely N-dealkylation sites (N-methyl/N-ethyl adjacent to an activating group) is 1.